The van der Waals surface area contributed by atoms with E-state index in [9.17, 15) is 0 Å². The first kappa shape index (κ1) is 20.5. The van der Waals surface area contributed by atoms with E-state index in [-0.39, 0.29) is 5.41 Å². The third-order valence-corrected chi connectivity index (χ3v) is 6.56. The molecule has 0 amide bonds. The second-order valence-corrected chi connectivity index (χ2v) is 8.82. The van der Waals surface area contributed by atoms with Crippen LogP contribution in [0.5, 0.6) is 11.5 Å². The van der Waals surface area contributed by atoms with Gasteiger partial charge in [0.05, 0.1) is 17.1 Å². The van der Waals surface area contributed by atoms with Gasteiger partial charge in [-0.25, -0.2) is 4.68 Å². The highest BCUT2D eigenvalue weighted by atomic mass is 16.5. The van der Waals surface area contributed by atoms with Gasteiger partial charge in [-0.1, -0.05) is 43.5 Å². The lowest BCUT2D eigenvalue weighted by molar-refractivity contribution is 0.337. The molecule has 2 aromatic carbocycles. The first-order valence-corrected chi connectivity index (χ1v) is 11.5. The summed E-state index contributed by atoms with van der Waals surface area (Å²) in [6.45, 7) is 4.08. The molecule has 1 saturated carbocycles. The topological polar surface area (TPSA) is 39.9 Å². The van der Waals surface area contributed by atoms with Gasteiger partial charge in [0.2, 0.25) is 0 Å². The van der Waals surface area contributed by atoms with E-state index < -0.39 is 0 Å². The summed E-state index contributed by atoms with van der Waals surface area (Å²) in [6.07, 6.45) is 7.92. The van der Waals surface area contributed by atoms with Crippen molar-refractivity contribution >= 4 is 0 Å². The normalized spacial score (nSPS) is 15.4. The first-order valence-electron chi connectivity index (χ1n) is 11.5. The van der Waals surface area contributed by atoms with Crippen LogP contribution in [-0.4, -0.2) is 14.8 Å². The molecule has 1 fully saturated rings. The molecule has 0 N–H and O–H groups in total. The van der Waals surface area contributed by atoms with E-state index in [1.165, 1.54) is 30.5 Å². The molecule has 2 heterocycles. The van der Waals surface area contributed by atoms with Crippen molar-refractivity contribution in [3.05, 3.63) is 102 Å². The maximum Gasteiger partial charge on any atom is 0.129 e. The third-order valence-electron chi connectivity index (χ3n) is 6.56. The van der Waals surface area contributed by atoms with Crippen LogP contribution < -0.4 is 4.74 Å². The van der Waals surface area contributed by atoms with Gasteiger partial charge in [0.25, 0.3) is 0 Å². The van der Waals surface area contributed by atoms with Gasteiger partial charge in [-0.3, -0.25) is 4.98 Å². The summed E-state index contributed by atoms with van der Waals surface area (Å²) in [7, 11) is 0. The van der Waals surface area contributed by atoms with Crippen molar-refractivity contribution in [2.45, 2.75) is 51.4 Å². The molecule has 0 atom stereocenters. The highest BCUT2D eigenvalue weighted by Gasteiger charge is 2.37. The largest absolute Gasteiger partial charge is 0.457 e. The predicted octanol–water partition coefficient (Wildman–Crippen LogP) is 6.93. The lowest BCUT2D eigenvalue weighted by atomic mass is 9.67. The van der Waals surface area contributed by atoms with Crippen molar-refractivity contribution in [3.63, 3.8) is 0 Å². The Labute approximate surface area is 189 Å². The Bertz CT molecular complexity index is 1210. The molecule has 2 aromatic heterocycles. The average molecular weight is 424 g/mol. The molecule has 0 bridgehead atoms. The number of hydrogen-bond donors (Lipinski definition) is 0. The van der Waals surface area contributed by atoms with Crippen LogP contribution >= 0.6 is 0 Å². The molecule has 5 rings (SSSR count). The molecule has 0 saturated heterocycles. The number of hydrogen-bond acceptors (Lipinski definition) is 3. The standard InChI is InChI=1S/C28H29N3O/c1-21-18-22(2)31(30-21)24-11-9-13-26(20-24)32-25-12-8-10-23(19-25)28(15-5-3-6-16-28)27-14-4-7-17-29-27/h4,7-14,17-20H,3,5-6,15-16H2,1-2H3. The van der Waals surface area contributed by atoms with Gasteiger partial charge in [-0.15, -0.1) is 0 Å². The number of aromatic nitrogens is 3. The van der Waals surface area contributed by atoms with Crippen molar-refractivity contribution in [2.75, 3.05) is 0 Å². The smallest absolute Gasteiger partial charge is 0.129 e. The van der Waals surface area contributed by atoms with Crippen molar-refractivity contribution in [2.24, 2.45) is 0 Å². The van der Waals surface area contributed by atoms with Crippen LogP contribution in [0.1, 0.15) is 54.7 Å². The minimum atomic E-state index is -0.0373. The van der Waals surface area contributed by atoms with Gasteiger partial charge in [-0.2, -0.15) is 5.10 Å². The molecule has 0 radical (unpaired) electrons. The highest BCUT2D eigenvalue weighted by Crippen LogP contribution is 2.45. The first-order chi connectivity index (χ1) is 15.6. The van der Waals surface area contributed by atoms with Crippen LogP contribution in [0.3, 0.4) is 0 Å². The van der Waals surface area contributed by atoms with Crippen LogP contribution in [0, 0.1) is 13.8 Å². The molecule has 0 aliphatic heterocycles. The summed E-state index contributed by atoms with van der Waals surface area (Å²) in [5.74, 6) is 1.66. The summed E-state index contributed by atoms with van der Waals surface area (Å²) < 4.78 is 8.29. The van der Waals surface area contributed by atoms with Gasteiger partial charge >= 0.3 is 0 Å². The number of ether oxygens (including phenoxy) is 1. The zero-order valence-corrected chi connectivity index (χ0v) is 18.8. The molecule has 4 heteroatoms. The van der Waals surface area contributed by atoms with Crippen molar-refractivity contribution in [1.29, 1.82) is 0 Å². The Morgan fingerprint density at radius 3 is 2.31 bits per heavy atom. The molecule has 1 aliphatic carbocycles. The minimum absolute atomic E-state index is 0.0373. The number of nitrogens with zero attached hydrogens (tertiary/aromatic N) is 3. The average Bonchev–Trinajstić information content (AvgIpc) is 3.18. The van der Waals surface area contributed by atoms with Gasteiger partial charge in [0.15, 0.2) is 0 Å². The van der Waals surface area contributed by atoms with Gasteiger partial charge in [0, 0.05) is 23.4 Å². The van der Waals surface area contributed by atoms with Crippen LogP contribution in [0.25, 0.3) is 5.69 Å². The van der Waals surface area contributed by atoms with Crippen LogP contribution in [-0.2, 0) is 5.41 Å². The maximum absolute atomic E-state index is 6.34. The van der Waals surface area contributed by atoms with Crippen LogP contribution in [0.4, 0.5) is 0 Å². The molecule has 1 aliphatic rings. The Morgan fingerprint density at radius 1 is 0.812 bits per heavy atom. The van der Waals surface area contributed by atoms with Crippen LogP contribution in [0.15, 0.2) is 79.0 Å². The van der Waals surface area contributed by atoms with E-state index in [1.54, 1.807) is 0 Å². The Kier molecular flexibility index (Phi) is 5.52. The second-order valence-electron chi connectivity index (χ2n) is 8.82. The second kappa shape index (κ2) is 8.62. The fourth-order valence-corrected chi connectivity index (χ4v) is 5.06. The number of pyridine rings is 1. The zero-order chi connectivity index (χ0) is 22.0. The summed E-state index contributed by atoms with van der Waals surface area (Å²) in [4.78, 5) is 4.77. The molecular weight excluding hydrogens is 394 g/mol. The van der Waals surface area contributed by atoms with E-state index >= 15 is 0 Å². The molecule has 0 spiro atoms. The van der Waals surface area contributed by atoms with E-state index in [0.29, 0.717) is 0 Å². The van der Waals surface area contributed by atoms with E-state index in [1.807, 2.05) is 48.1 Å². The highest BCUT2D eigenvalue weighted by molar-refractivity contribution is 5.45. The number of rotatable bonds is 5. The van der Waals surface area contributed by atoms with E-state index in [2.05, 4.69) is 54.5 Å². The zero-order valence-electron chi connectivity index (χ0n) is 18.8. The third kappa shape index (κ3) is 3.93. The number of benzene rings is 2. The summed E-state index contributed by atoms with van der Waals surface area (Å²) in [5, 5.41) is 4.60. The van der Waals surface area contributed by atoms with Crippen molar-refractivity contribution in [3.8, 4) is 17.2 Å². The number of aryl methyl sites for hydroxylation is 2. The Balaban J connectivity index is 1.47. The summed E-state index contributed by atoms with van der Waals surface area (Å²) >= 11 is 0. The van der Waals surface area contributed by atoms with Crippen molar-refractivity contribution in [1.82, 2.24) is 14.8 Å². The Hall–Kier alpha value is -3.40. The summed E-state index contributed by atoms with van der Waals surface area (Å²) in [5.41, 5.74) is 5.54. The minimum Gasteiger partial charge on any atom is -0.457 e. The van der Waals surface area contributed by atoms with Gasteiger partial charge < -0.3 is 4.74 Å². The molecule has 32 heavy (non-hydrogen) atoms. The molecule has 4 nitrogen and oxygen atoms in total. The molecule has 4 aromatic rings. The fraction of sp³-hybridized carbons (Fsp3) is 0.286. The van der Waals surface area contributed by atoms with E-state index in [0.717, 1.165) is 41.4 Å². The quantitative estimate of drug-likeness (QED) is 0.349. The lowest BCUT2D eigenvalue weighted by Crippen LogP contribution is -2.31. The summed E-state index contributed by atoms with van der Waals surface area (Å²) in [6, 6.07) is 25.0. The van der Waals surface area contributed by atoms with Crippen LogP contribution in [0.2, 0.25) is 0 Å². The monoisotopic (exact) mass is 423 g/mol. The molecule has 0 unspecified atom stereocenters. The van der Waals surface area contributed by atoms with Crippen molar-refractivity contribution < 1.29 is 4.74 Å². The lowest BCUT2D eigenvalue weighted by Gasteiger charge is -2.37. The Morgan fingerprint density at radius 2 is 1.59 bits per heavy atom. The fourth-order valence-electron chi connectivity index (χ4n) is 5.06. The van der Waals surface area contributed by atoms with Gasteiger partial charge in [0.1, 0.15) is 11.5 Å². The SMILES string of the molecule is Cc1cc(C)n(-c2cccc(Oc3cccc(C4(c5ccccn5)CCCCC4)c3)c2)n1. The molecule has 162 valence electrons. The molecular formula is C28H29N3O. The van der Waals surface area contributed by atoms with E-state index in [4.69, 9.17) is 9.72 Å². The van der Waals surface area contributed by atoms with Gasteiger partial charge in [-0.05, 0) is 74.7 Å². The predicted molar refractivity (Wildman–Crippen MR) is 128 cm³/mol. The maximum atomic E-state index is 6.34.